The minimum absolute atomic E-state index is 0.0396. The molecule has 0 saturated carbocycles. The number of hydrogen-bond acceptors (Lipinski definition) is 3. The monoisotopic (exact) mass is 450 g/mol. The Morgan fingerprint density at radius 1 is 1.26 bits per heavy atom. The van der Waals surface area contributed by atoms with Gasteiger partial charge in [-0.25, -0.2) is 0 Å². The van der Waals surface area contributed by atoms with Crippen molar-refractivity contribution in [1.82, 2.24) is 4.90 Å². The van der Waals surface area contributed by atoms with Crippen LogP contribution in [0.4, 0.5) is 5.69 Å². The van der Waals surface area contributed by atoms with Gasteiger partial charge in [0.1, 0.15) is 12.4 Å². The normalized spacial score (nSPS) is 13.7. The van der Waals surface area contributed by atoms with Gasteiger partial charge in [0.15, 0.2) is 0 Å². The Morgan fingerprint density at radius 2 is 2.00 bits per heavy atom. The van der Waals surface area contributed by atoms with Crippen LogP contribution in [0.1, 0.15) is 23.2 Å². The summed E-state index contributed by atoms with van der Waals surface area (Å²) in [6.07, 6.45) is 1.32. The number of carbonyl (C=O) groups excluding carboxylic acids is 2. The molecule has 3 rings (SSSR count). The highest BCUT2D eigenvalue weighted by atomic mass is 79.9. The number of hydrogen-bond donors (Lipinski definition) is 0. The van der Waals surface area contributed by atoms with Crippen LogP contribution in [0.2, 0.25) is 5.02 Å². The van der Waals surface area contributed by atoms with Crippen molar-refractivity contribution in [3.8, 4) is 5.75 Å². The third-order valence-electron chi connectivity index (χ3n) is 4.41. The predicted octanol–water partition coefficient (Wildman–Crippen LogP) is 4.38. The fraction of sp³-hybridized carbons (Fsp3) is 0.300. The zero-order valence-electron chi connectivity index (χ0n) is 15.0. The van der Waals surface area contributed by atoms with Gasteiger partial charge in [-0.1, -0.05) is 27.5 Å². The molecule has 0 spiro atoms. The lowest BCUT2D eigenvalue weighted by Crippen LogP contribution is -2.31. The first-order valence-corrected chi connectivity index (χ1v) is 9.86. The van der Waals surface area contributed by atoms with Crippen molar-refractivity contribution in [1.29, 1.82) is 0 Å². The van der Waals surface area contributed by atoms with Gasteiger partial charge in [0, 0.05) is 30.0 Å². The van der Waals surface area contributed by atoms with E-state index in [0.29, 0.717) is 42.4 Å². The topological polar surface area (TPSA) is 49.9 Å². The molecule has 0 radical (unpaired) electrons. The molecule has 1 aliphatic heterocycles. The summed E-state index contributed by atoms with van der Waals surface area (Å²) in [5, 5.41) is 0.475. The maximum absolute atomic E-state index is 12.7. The van der Waals surface area contributed by atoms with Gasteiger partial charge in [0.25, 0.3) is 5.91 Å². The molecule has 2 amide bonds. The molecule has 0 N–H and O–H groups in total. The smallest absolute Gasteiger partial charge is 0.253 e. The Bertz CT molecular complexity index is 842. The SMILES string of the molecule is CN(CCOc1ccc(Br)cc1)C(=O)c1ccc(Cl)c(N2CCCC2=O)c1. The van der Waals surface area contributed by atoms with Crippen LogP contribution in [0.25, 0.3) is 0 Å². The lowest BCUT2D eigenvalue weighted by molar-refractivity contribution is -0.117. The van der Waals surface area contributed by atoms with Crippen LogP contribution in [0.5, 0.6) is 5.75 Å². The Morgan fingerprint density at radius 3 is 2.67 bits per heavy atom. The van der Waals surface area contributed by atoms with Crippen molar-refractivity contribution in [3.05, 3.63) is 57.5 Å². The van der Waals surface area contributed by atoms with Crippen LogP contribution < -0.4 is 9.64 Å². The zero-order chi connectivity index (χ0) is 19.4. The van der Waals surface area contributed by atoms with Gasteiger partial charge >= 0.3 is 0 Å². The molecule has 5 nitrogen and oxygen atoms in total. The number of carbonyl (C=O) groups is 2. The summed E-state index contributed by atoms with van der Waals surface area (Å²) < 4.78 is 6.65. The lowest BCUT2D eigenvalue weighted by Gasteiger charge is -2.21. The van der Waals surface area contributed by atoms with E-state index >= 15 is 0 Å². The van der Waals surface area contributed by atoms with E-state index in [1.807, 2.05) is 24.3 Å². The molecule has 0 unspecified atom stereocenters. The summed E-state index contributed by atoms with van der Waals surface area (Å²) in [6, 6.07) is 12.6. The van der Waals surface area contributed by atoms with E-state index in [0.717, 1.165) is 16.6 Å². The van der Waals surface area contributed by atoms with Gasteiger partial charge in [-0.05, 0) is 48.9 Å². The summed E-state index contributed by atoms with van der Waals surface area (Å²) in [5.41, 5.74) is 1.10. The van der Waals surface area contributed by atoms with Crippen LogP contribution >= 0.6 is 27.5 Å². The van der Waals surface area contributed by atoms with E-state index in [9.17, 15) is 9.59 Å². The molecule has 0 bridgehead atoms. The van der Waals surface area contributed by atoms with E-state index in [4.69, 9.17) is 16.3 Å². The fourth-order valence-corrected chi connectivity index (χ4v) is 3.39. The van der Waals surface area contributed by atoms with Crippen LogP contribution in [-0.2, 0) is 4.79 Å². The molecule has 142 valence electrons. The van der Waals surface area contributed by atoms with E-state index in [1.165, 1.54) is 0 Å². The maximum atomic E-state index is 12.7. The maximum Gasteiger partial charge on any atom is 0.253 e. The van der Waals surface area contributed by atoms with Crippen molar-refractivity contribution in [2.75, 3.05) is 31.6 Å². The minimum atomic E-state index is -0.140. The second-order valence-electron chi connectivity index (χ2n) is 6.34. The first-order chi connectivity index (χ1) is 13.0. The molecular weight excluding hydrogens is 432 g/mol. The molecule has 7 heteroatoms. The third kappa shape index (κ3) is 4.82. The van der Waals surface area contributed by atoms with E-state index < -0.39 is 0 Å². The molecular formula is C20H20BrClN2O3. The summed E-state index contributed by atoms with van der Waals surface area (Å²) in [5.74, 6) is 0.650. The van der Waals surface area contributed by atoms with Crippen molar-refractivity contribution < 1.29 is 14.3 Å². The number of rotatable bonds is 6. The number of likely N-dealkylation sites (N-methyl/N-ethyl adjacent to an activating group) is 1. The van der Waals surface area contributed by atoms with Crippen LogP contribution in [0.15, 0.2) is 46.9 Å². The van der Waals surface area contributed by atoms with Crippen molar-refractivity contribution in [3.63, 3.8) is 0 Å². The van der Waals surface area contributed by atoms with Crippen molar-refractivity contribution >= 4 is 45.0 Å². The Balaban J connectivity index is 1.62. The summed E-state index contributed by atoms with van der Waals surface area (Å²) in [7, 11) is 1.72. The highest BCUT2D eigenvalue weighted by Gasteiger charge is 2.25. The van der Waals surface area contributed by atoms with E-state index in [2.05, 4.69) is 15.9 Å². The molecule has 1 aliphatic rings. The van der Waals surface area contributed by atoms with Crippen LogP contribution in [0.3, 0.4) is 0 Å². The molecule has 1 fully saturated rings. The van der Waals surface area contributed by atoms with Gasteiger partial charge in [-0.15, -0.1) is 0 Å². The summed E-state index contributed by atoms with van der Waals surface area (Å²) in [6.45, 7) is 1.46. The number of nitrogens with zero attached hydrogens (tertiary/aromatic N) is 2. The van der Waals surface area contributed by atoms with Crippen molar-refractivity contribution in [2.45, 2.75) is 12.8 Å². The predicted molar refractivity (Wildman–Crippen MR) is 110 cm³/mol. The summed E-state index contributed by atoms with van der Waals surface area (Å²) in [4.78, 5) is 27.9. The first kappa shape index (κ1) is 19.7. The molecule has 0 aromatic heterocycles. The van der Waals surface area contributed by atoms with E-state index in [-0.39, 0.29) is 11.8 Å². The Kier molecular flexibility index (Phi) is 6.39. The number of amides is 2. The fourth-order valence-electron chi connectivity index (χ4n) is 2.91. The standard InChI is InChI=1S/C20H20BrClN2O3/c1-23(11-12-27-16-7-5-15(21)6-8-16)20(26)14-4-9-17(22)18(13-14)24-10-2-3-19(24)25/h4-9,13H,2-3,10-12H2,1H3. The zero-order valence-corrected chi connectivity index (χ0v) is 17.3. The third-order valence-corrected chi connectivity index (χ3v) is 5.26. The highest BCUT2D eigenvalue weighted by molar-refractivity contribution is 9.10. The van der Waals surface area contributed by atoms with Crippen LogP contribution in [0, 0.1) is 0 Å². The van der Waals surface area contributed by atoms with Crippen molar-refractivity contribution in [2.24, 2.45) is 0 Å². The molecule has 2 aromatic rings. The molecule has 1 heterocycles. The van der Waals surface area contributed by atoms with E-state index in [1.54, 1.807) is 35.0 Å². The van der Waals surface area contributed by atoms with Gasteiger partial charge < -0.3 is 14.5 Å². The average Bonchev–Trinajstić information content (AvgIpc) is 3.09. The van der Waals surface area contributed by atoms with Gasteiger partial charge in [0.05, 0.1) is 17.3 Å². The largest absolute Gasteiger partial charge is 0.492 e. The minimum Gasteiger partial charge on any atom is -0.492 e. The summed E-state index contributed by atoms with van der Waals surface area (Å²) >= 11 is 9.62. The van der Waals surface area contributed by atoms with Crippen LogP contribution in [-0.4, -0.2) is 43.5 Å². The second-order valence-corrected chi connectivity index (χ2v) is 7.67. The molecule has 0 aliphatic carbocycles. The average molecular weight is 452 g/mol. The second kappa shape index (κ2) is 8.76. The first-order valence-electron chi connectivity index (χ1n) is 8.69. The Hall–Kier alpha value is -2.05. The van der Waals surface area contributed by atoms with Gasteiger partial charge in [0.2, 0.25) is 5.91 Å². The molecule has 2 aromatic carbocycles. The quantitative estimate of drug-likeness (QED) is 0.655. The number of halogens is 2. The lowest BCUT2D eigenvalue weighted by atomic mass is 10.1. The van der Waals surface area contributed by atoms with Gasteiger partial charge in [-0.3, -0.25) is 9.59 Å². The van der Waals surface area contributed by atoms with Gasteiger partial charge in [-0.2, -0.15) is 0 Å². The molecule has 27 heavy (non-hydrogen) atoms. The highest BCUT2D eigenvalue weighted by Crippen LogP contribution is 2.30. The molecule has 0 atom stereocenters. The number of ether oxygens (including phenoxy) is 1. The number of benzene rings is 2. The Labute approximate surface area is 172 Å². The number of anilines is 1. The molecule has 1 saturated heterocycles.